The summed E-state index contributed by atoms with van der Waals surface area (Å²) >= 11 is 1.08. The Morgan fingerprint density at radius 3 is 2.12 bits per heavy atom. The van der Waals surface area contributed by atoms with Crippen molar-refractivity contribution < 1.29 is 19.5 Å². The van der Waals surface area contributed by atoms with Crippen LogP contribution in [-0.4, -0.2) is 34.4 Å². The van der Waals surface area contributed by atoms with Gasteiger partial charge in [0, 0.05) is 18.4 Å². The molecule has 0 aliphatic carbocycles. The molecule has 2 rings (SSSR count). The number of benzene rings is 2. The van der Waals surface area contributed by atoms with E-state index in [1.807, 2.05) is 30.3 Å². The van der Waals surface area contributed by atoms with Gasteiger partial charge in [0.1, 0.15) is 6.54 Å². The van der Waals surface area contributed by atoms with Gasteiger partial charge in [-0.2, -0.15) is 0 Å². The molecule has 2 aromatic carbocycles. The summed E-state index contributed by atoms with van der Waals surface area (Å²) in [5.41, 5.74) is 1.50. The molecule has 0 radical (unpaired) electrons. The molecule has 136 valence electrons. The van der Waals surface area contributed by atoms with Crippen LogP contribution in [0.15, 0.2) is 60.7 Å². The molecule has 0 aliphatic heterocycles. The molecule has 0 saturated heterocycles. The van der Waals surface area contributed by atoms with Crippen LogP contribution in [-0.2, 0) is 20.8 Å². The Morgan fingerprint density at radius 2 is 1.58 bits per heavy atom. The van der Waals surface area contributed by atoms with E-state index in [2.05, 4.69) is 0 Å². The number of thioether (sulfide) groups is 1. The molecule has 1 amide bonds. The van der Waals surface area contributed by atoms with E-state index in [4.69, 9.17) is 0 Å². The average Bonchev–Trinajstić information content (AvgIpc) is 2.64. The lowest BCUT2D eigenvalue weighted by atomic mass is 9.99. The van der Waals surface area contributed by atoms with E-state index in [-0.39, 0.29) is 11.0 Å². The first-order valence-corrected chi connectivity index (χ1v) is 9.21. The zero-order chi connectivity index (χ0) is 18.9. The number of nitrogens with zero attached hydrogens (tertiary/aromatic N) is 1. The fraction of sp³-hybridized carbons (Fsp3) is 0.250. The highest BCUT2D eigenvalue weighted by Crippen LogP contribution is 2.22. The normalized spacial score (nSPS) is 11.6. The molecule has 0 bridgehead atoms. The third kappa shape index (κ3) is 6.04. The van der Waals surface area contributed by atoms with Gasteiger partial charge < -0.3 is 10.0 Å². The molecule has 2 aromatic rings. The third-order valence-electron chi connectivity index (χ3n) is 3.79. The largest absolute Gasteiger partial charge is 0.480 e. The molecular weight excluding hydrogens is 350 g/mol. The molecule has 0 heterocycles. The van der Waals surface area contributed by atoms with E-state index in [0.717, 1.165) is 17.3 Å². The lowest BCUT2D eigenvalue weighted by Gasteiger charge is -2.26. The zero-order valence-electron chi connectivity index (χ0n) is 14.5. The van der Waals surface area contributed by atoms with E-state index in [1.165, 1.54) is 11.8 Å². The number of carbonyl (C=O) groups is 3. The van der Waals surface area contributed by atoms with Gasteiger partial charge in [-0.3, -0.25) is 14.4 Å². The number of anilines is 1. The van der Waals surface area contributed by atoms with E-state index in [1.54, 1.807) is 30.3 Å². The van der Waals surface area contributed by atoms with Gasteiger partial charge in [0.2, 0.25) is 5.91 Å². The van der Waals surface area contributed by atoms with Crippen LogP contribution >= 0.6 is 11.8 Å². The van der Waals surface area contributed by atoms with Crippen molar-refractivity contribution in [2.45, 2.75) is 13.3 Å². The topological polar surface area (TPSA) is 74.7 Å². The number of carbonyl (C=O) groups excluding carboxylic acids is 2. The van der Waals surface area contributed by atoms with Crippen LogP contribution < -0.4 is 4.90 Å². The maximum absolute atomic E-state index is 13.1. The van der Waals surface area contributed by atoms with Crippen molar-refractivity contribution in [2.75, 3.05) is 17.2 Å². The van der Waals surface area contributed by atoms with Gasteiger partial charge in [-0.1, -0.05) is 60.3 Å². The van der Waals surface area contributed by atoms with E-state index in [0.29, 0.717) is 17.9 Å². The highest BCUT2D eigenvalue weighted by Gasteiger charge is 2.27. The second kappa shape index (κ2) is 9.77. The van der Waals surface area contributed by atoms with Gasteiger partial charge >= 0.3 is 5.97 Å². The molecule has 0 aliphatic rings. The lowest BCUT2D eigenvalue weighted by Crippen LogP contribution is -2.41. The van der Waals surface area contributed by atoms with Crippen LogP contribution in [0.4, 0.5) is 5.69 Å². The zero-order valence-corrected chi connectivity index (χ0v) is 15.3. The Hall–Kier alpha value is -2.60. The van der Waals surface area contributed by atoms with Gasteiger partial charge in [-0.15, -0.1) is 0 Å². The summed E-state index contributed by atoms with van der Waals surface area (Å²) in [5.74, 6) is -1.56. The van der Waals surface area contributed by atoms with Crippen LogP contribution in [0.5, 0.6) is 0 Å². The van der Waals surface area contributed by atoms with Gasteiger partial charge in [-0.05, 0) is 24.1 Å². The second-order valence-electron chi connectivity index (χ2n) is 5.84. The van der Waals surface area contributed by atoms with Crippen LogP contribution in [0, 0.1) is 5.92 Å². The predicted octanol–water partition coefficient (Wildman–Crippen LogP) is 3.24. The Morgan fingerprint density at radius 1 is 1.00 bits per heavy atom. The third-order valence-corrected chi connectivity index (χ3v) is 4.76. The lowest BCUT2D eigenvalue weighted by molar-refractivity contribution is -0.137. The summed E-state index contributed by atoms with van der Waals surface area (Å²) in [6.07, 6.45) is 0.447. The monoisotopic (exact) mass is 371 g/mol. The van der Waals surface area contributed by atoms with Gasteiger partial charge in [0.15, 0.2) is 5.12 Å². The number of rotatable bonds is 8. The SMILES string of the molecule is CC(=O)SCC(Cc1ccccc1)C(=O)N(CC(=O)O)c1ccccc1. The van der Waals surface area contributed by atoms with Crippen LogP contribution in [0.3, 0.4) is 0 Å². The van der Waals surface area contributed by atoms with Crippen molar-refractivity contribution >= 4 is 34.4 Å². The van der Waals surface area contributed by atoms with Gasteiger partial charge in [0.25, 0.3) is 0 Å². The molecule has 5 nitrogen and oxygen atoms in total. The van der Waals surface area contributed by atoms with Crippen LogP contribution in [0.2, 0.25) is 0 Å². The minimum absolute atomic E-state index is 0.0691. The number of carboxylic acids is 1. The summed E-state index contributed by atoms with van der Waals surface area (Å²) in [6.45, 7) is 1.04. The van der Waals surface area contributed by atoms with E-state index in [9.17, 15) is 19.5 Å². The number of hydrogen-bond acceptors (Lipinski definition) is 4. The Bertz CT molecular complexity index is 749. The van der Waals surface area contributed by atoms with Gasteiger partial charge in [0.05, 0.1) is 5.92 Å². The van der Waals surface area contributed by atoms with Crippen molar-refractivity contribution in [1.29, 1.82) is 0 Å². The number of amides is 1. The Kier molecular flexibility index (Phi) is 7.41. The van der Waals surface area contributed by atoms with Crippen molar-refractivity contribution in [2.24, 2.45) is 5.92 Å². The fourth-order valence-electron chi connectivity index (χ4n) is 2.59. The van der Waals surface area contributed by atoms with Gasteiger partial charge in [-0.25, -0.2) is 0 Å². The number of hydrogen-bond donors (Lipinski definition) is 1. The minimum atomic E-state index is -1.08. The number of carboxylic acid groups (broad SMARTS) is 1. The first kappa shape index (κ1) is 19.7. The first-order valence-electron chi connectivity index (χ1n) is 8.23. The maximum Gasteiger partial charge on any atom is 0.323 e. The quantitative estimate of drug-likeness (QED) is 0.771. The van der Waals surface area contributed by atoms with Crippen molar-refractivity contribution in [3.05, 3.63) is 66.2 Å². The Balaban J connectivity index is 2.27. The molecule has 0 aromatic heterocycles. The summed E-state index contributed by atoms with van der Waals surface area (Å²) in [4.78, 5) is 37.1. The molecule has 1 unspecified atom stereocenters. The highest BCUT2D eigenvalue weighted by molar-refractivity contribution is 8.13. The van der Waals surface area contributed by atoms with Crippen LogP contribution in [0.1, 0.15) is 12.5 Å². The summed E-state index contributed by atoms with van der Waals surface area (Å²) < 4.78 is 0. The average molecular weight is 371 g/mol. The molecular formula is C20H21NO4S. The van der Waals surface area contributed by atoms with E-state index >= 15 is 0 Å². The molecule has 0 saturated carbocycles. The fourth-order valence-corrected chi connectivity index (χ4v) is 3.29. The summed E-state index contributed by atoms with van der Waals surface area (Å²) in [5, 5.41) is 9.16. The van der Waals surface area contributed by atoms with Crippen LogP contribution in [0.25, 0.3) is 0 Å². The smallest absolute Gasteiger partial charge is 0.323 e. The van der Waals surface area contributed by atoms with Crippen molar-refractivity contribution in [1.82, 2.24) is 0 Å². The minimum Gasteiger partial charge on any atom is -0.480 e. The van der Waals surface area contributed by atoms with Crippen molar-refractivity contribution in [3.8, 4) is 0 Å². The number of para-hydroxylation sites is 1. The molecule has 26 heavy (non-hydrogen) atoms. The summed E-state index contributed by atoms with van der Waals surface area (Å²) in [6, 6.07) is 18.2. The molecule has 1 atom stereocenters. The maximum atomic E-state index is 13.1. The predicted molar refractivity (Wildman–Crippen MR) is 103 cm³/mol. The molecule has 0 spiro atoms. The second-order valence-corrected chi connectivity index (χ2v) is 7.04. The van der Waals surface area contributed by atoms with Crippen molar-refractivity contribution in [3.63, 3.8) is 0 Å². The Labute approximate surface area is 157 Å². The summed E-state index contributed by atoms with van der Waals surface area (Å²) in [7, 11) is 0. The molecule has 6 heteroatoms. The molecule has 1 N–H and O–H groups in total. The molecule has 0 fully saturated rings. The number of aliphatic carboxylic acids is 1. The first-order chi connectivity index (χ1) is 12.5. The van der Waals surface area contributed by atoms with E-state index < -0.39 is 18.4 Å². The highest BCUT2D eigenvalue weighted by atomic mass is 32.2. The standard InChI is InChI=1S/C20H21NO4S/c1-15(22)26-14-17(12-16-8-4-2-5-9-16)20(25)21(13-19(23)24)18-10-6-3-7-11-18/h2-11,17H,12-14H2,1H3,(H,23,24).